The molecule has 6 rings (SSSR count). The van der Waals surface area contributed by atoms with Crippen molar-refractivity contribution in [3.8, 4) is 0 Å². The molecule has 4 saturated carbocycles. The second-order valence-electron chi connectivity index (χ2n) is 9.16. The molecule has 0 radical (unpaired) electrons. The topological polar surface area (TPSA) is 24.1 Å². The Kier molecular flexibility index (Phi) is 4.65. The van der Waals surface area contributed by atoms with Crippen LogP contribution in [0.4, 0.5) is 55.3 Å². The van der Waals surface area contributed by atoms with E-state index in [-0.39, 0.29) is 31.6 Å². The Morgan fingerprint density at radius 2 is 0.939 bits per heavy atom. The second kappa shape index (κ2) is 6.92. The average Bonchev–Trinajstić information content (AvgIpc) is 3.15. The van der Waals surface area contributed by atoms with Crippen LogP contribution in [0.15, 0.2) is 0 Å². The van der Waals surface area contributed by atoms with Crippen molar-refractivity contribution in [1.29, 1.82) is 0 Å². The second-order valence-corrected chi connectivity index (χ2v) is 9.16. The first kappa shape index (κ1) is 22.1. The fourth-order valence-corrected chi connectivity index (χ4v) is 6.19. The highest BCUT2D eigenvalue weighted by atomic mass is 19.2. The molecular formula is C21H14F10N2. The lowest BCUT2D eigenvalue weighted by Crippen LogP contribution is -2.48. The van der Waals surface area contributed by atoms with Gasteiger partial charge in [-0.3, -0.25) is 0 Å². The van der Waals surface area contributed by atoms with Crippen molar-refractivity contribution in [2.75, 3.05) is 10.6 Å². The third kappa shape index (κ3) is 2.94. The summed E-state index contributed by atoms with van der Waals surface area (Å²) in [7, 11) is 0. The van der Waals surface area contributed by atoms with Gasteiger partial charge in [0.05, 0.1) is 0 Å². The molecule has 178 valence electrons. The van der Waals surface area contributed by atoms with Crippen LogP contribution in [0, 0.1) is 70.0 Å². The van der Waals surface area contributed by atoms with Gasteiger partial charge in [-0.15, -0.1) is 0 Å². The number of nitrogens with one attached hydrogen (secondary N) is 2. The molecular weight excluding hydrogens is 470 g/mol. The summed E-state index contributed by atoms with van der Waals surface area (Å²) < 4.78 is 138. The van der Waals surface area contributed by atoms with Gasteiger partial charge in [0.1, 0.15) is 11.4 Å². The number of rotatable bonds is 4. The van der Waals surface area contributed by atoms with E-state index in [2.05, 4.69) is 10.6 Å². The lowest BCUT2D eigenvalue weighted by molar-refractivity contribution is 0.247. The number of anilines is 2. The summed E-state index contributed by atoms with van der Waals surface area (Å²) in [6.07, 6.45) is 1.08. The van der Waals surface area contributed by atoms with Gasteiger partial charge in [-0.25, -0.2) is 43.9 Å². The van der Waals surface area contributed by atoms with E-state index < -0.39 is 86.5 Å². The Labute approximate surface area is 180 Å². The highest BCUT2D eigenvalue weighted by Gasteiger charge is 2.65. The first-order valence-electron chi connectivity index (χ1n) is 9.99. The molecule has 0 saturated heterocycles. The highest BCUT2D eigenvalue weighted by Crippen LogP contribution is 2.64. The van der Waals surface area contributed by atoms with Crippen LogP contribution in [0.1, 0.15) is 32.1 Å². The molecule has 0 heterocycles. The van der Waals surface area contributed by atoms with Crippen LogP contribution in [0.2, 0.25) is 0 Å². The zero-order valence-corrected chi connectivity index (χ0v) is 16.5. The van der Waals surface area contributed by atoms with E-state index in [1.165, 1.54) is 0 Å². The normalized spacial score (nSPS) is 29.8. The molecule has 2 aromatic rings. The van der Waals surface area contributed by atoms with Gasteiger partial charge in [0, 0.05) is 11.1 Å². The maximum atomic E-state index is 14.3. The fourth-order valence-electron chi connectivity index (χ4n) is 6.19. The Morgan fingerprint density at radius 1 is 0.515 bits per heavy atom. The Balaban J connectivity index is 1.52. The molecule has 4 bridgehead atoms. The van der Waals surface area contributed by atoms with E-state index >= 15 is 0 Å². The summed E-state index contributed by atoms with van der Waals surface area (Å²) in [5.41, 5.74) is -4.84. The summed E-state index contributed by atoms with van der Waals surface area (Å²) in [5.74, 6) is -21.9. The quantitative estimate of drug-likeness (QED) is 0.302. The molecule has 33 heavy (non-hydrogen) atoms. The molecule has 4 aliphatic rings. The van der Waals surface area contributed by atoms with Gasteiger partial charge in [0.15, 0.2) is 46.5 Å². The van der Waals surface area contributed by atoms with E-state index in [9.17, 15) is 43.9 Å². The molecule has 2 nitrogen and oxygen atoms in total. The zero-order chi connectivity index (χ0) is 24.0. The maximum absolute atomic E-state index is 14.3. The minimum Gasteiger partial charge on any atom is -0.375 e. The molecule has 0 spiro atoms. The predicted molar refractivity (Wildman–Crippen MR) is 95.2 cm³/mol. The summed E-state index contributed by atoms with van der Waals surface area (Å²) in [6, 6.07) is 0. The van der Waals surface area contributed by atoms with Crippen molar-refractivity contribution in [1.82, 2.24) is 0 Å². The van der Waals surface area contributed by atoms with Crippen LogP contribution in [0.25, 0.3) is 0 Å². The summed E-state index contributed by atoms with van der Waals surface area (Å²) in [5, 5.41) is 4.89. The van der Waals surface area contributed by atoms with Crippen molar-refractivity contribution in [3.63, 3.8) is 0 Å². The summed E-state index contributed by atoms with van der Waals surface area (Å²) in [6.45, 7) is 0. The SMILES string of the molecule is Fc1c(F)c(F)c(NC23CC4CC(C2)C(Nc2c(F)c(F)c(F)c(F)c2F)(C4)C3)c(F)c1F. The van der Waals surface area contributed by atoms with Crippen LogP contribution >= 0.6 is 0 Å². The van der Waals surface area contributed by atoms with Crippen molar-refractivity contribution < 1.29 is 43.9 Å². The highest BCUT2D eigenvalue weighted by molar-refractivity contribution is 5.55. The van der Waals surface area contributed by atoms with Gasteiger partial charge in [0.25, 0.3) is 0 Å². The van der Waals surface area contributed by atoms with Gasteiger partial charge in [-0.05, 0) is 43.9 Å². The predicted octanol–water partition coefficient (Wildman–Crippen LogP) is 6.30. The fraction of sp³-hybridized carbons (Fsp3) is 0.429. The zero-order valence-electron chi connectivity index (χ0n) is 16.5. The number of halogens is 10. The van der Waals surface area contributed by atoms with Crippen molar-refractivity contribution >= 4 is 11.4 Å². The largest absolute Gasteiger partial charge is 0.375 e. The lowest BCUT2D eigenvalue weighted by atomic mass is 9.74. The molecule has 0 aromatic heterocycles. The lowest BCUT2D eigenvalue weighted by Gasteiger charge is -2.42. The first-order valence-corrected chi connectivity index (χ1v) is 9.99. The maximum Gasteiger partial charge on any atom is 0.200 e. The summed E-state index contributed by atoms with van der Waals surface area (Å²) in [4.78, 5) is 0. The molecule has 0 amide bonds. The molecule has 12 heteroatoms. The average molecular weight is 484 g/mol. The van der Waals surface area contributed by atoms with E-state index in [1.807, 2.05) is 0 Å². The van der Waals surface area contributed by atoms with Crippen LogP contribution < -0.4 is 10.6 Å². The Bertz CT molecular complexity index is 1140. The summed E-state index contributed by atoms with van der Waals surface area (Å²) >= 11 is 0. The standard InChI is InChI=1S/C21H14F10N2/c22-8-10(24)14(28)18(15(29)11(8)25)32-20-2-6-1-7(4-20)21(3-6,5-20)33-19-16(30)12(26)9(23)13(27)17(19)31/h6-7,32-33H,1-5H2. The van der Waals surface area contributed by atoms with Gasteiger partial charge >= 0.3 is 0 Å². The molecule has 0 aliphatic heterocycles. The monoisotopic (exact) mass is 484 g/mol. The van der Waals surface area contributed by atoms with E-state index in [0.717, 1.165) is 0 Å². The minimum absolute atomic E-state index is 0.0971. The van der Waals surface area contributed by atoms with Crippen LogP contribution in [-0.4, -0.2) is 11.1 Å². The van der Waals surface area contributed by atoms with Gasteiger partial charge in [-0.2, -0.15) is 0 Å². The van der Waals surface area contributed by atoms with Crippen LogP contribution in [0.5, 0.6) is 0 Å². The van der Waals surface area contributed by atoms with Crippen molar-refractivity contribution in [3.05, 3.63) is 58.2 Å². The molecule has 4 aliphatic carbocycles. The number of benzene rings is 2. The first-order chi connectivity index (χ1) is 15.4. The smallest absolute Gasteiger partial charge is 0.200 e. The van der Waals surface area contributed by atoms with E-state index in [1.54, 1.807) is 0 Å². The van der Waals surface area contributed by atoms with Gasteiger partial charge < -0.3 is 10.6 Å². The number of hydrogen-bond donors (Lipinski definition) is 2. The van der Waals surface area contributed by atoms with Crippen LogP contribution in [0.3, 0.4) is 0 Å². The molecule has 2 N–H and O–H groups in total. The molecule has 4 fully saturated rings. The Hall–Kier alpha value is -2.66. The molecule has 2 aromatic carbocycles. The van der Waals surface area contributed by atoms with E-state index in [0.29, 0.717) is 6.42 Å². The van der Waals surface area contributed by atoms with Gasteiger partial charge in [0.2, 0.25) is 11.6 Å². The van der Waals surface area contributed by atoms with E-state index in [4.69, 9.17) is 0 Å². The number of hydrogen-bond acceptors (Lipinski definition) is 2. The van der Waals surface area contributed by atoms with Gasteiger partial charge in [-0.1, -0.05) is 0 Å². The third-order valence-electron chi connectivity index (χ3n) is 7.21. The van der Waals surface area contributed by atoms with Crippen molar-refractivity contribution in [2.24, 2.45) is 11.8 Å². The molecule has 4 atom stereocenters. The van der Waals surface area contributed by atoms with Crippen molar-refractivity contribution in [2.45, 2.75) is 43.2 Å². The van der Waals surface area contributed by atoms with Crippen LogP contribution in [-0.2, 0) is 0 Å². The Morgan fingerprint density at radius 3 is 1.42 bits per heavy atom. The molecule has 4 unspecified atom stereocenters. The minimum atomic E-state index is -2.31. The third-order valence-corrected chi connectivity index (χ3v) is 7.21.